The van der Waals surface area contributed by atoms with Crippen molar-refractivity contribution in [2.45, 2.75) is 71.4 Å². The topological polar surface area (TPSA) is 52.0 Å². The molecule has 0 unspecified atom stereocenters. The van der Waals surface area contributed by atoms with Gasteiger partial charge in [-0.2, -0.15) is 12.6 Å². The van der Waals surface area contributed by atoms with E-state index in [1.807, 2.05) is 13.8 Å². The summed E-state index contributed by atoms with van der Waals surface area (Å²) in [5, 5.41) is 0. The fraction of sp³-hybridized carbons (Fsp3) is 0.857. The number of unbranched alkanes of at least 4 members (excludes halogenated alkanes) is 2. The molecular formula is C14H32N2S. The second kappa shape index (κ2) is 12.5. The van der Waals surface area contributed by atoms with Gasteiger partial charge in [0.05, 0.1) is 0 Å². The number of hydrogen-bond acceptors (Lipinski definition) is 3. The molecule has 0 aliphatic carbocycles. The van der Waals surface area contributed by atoms with E-state index in [0.29, 0.717) is 6.04 Å². The van der Waals surface area contributed by atoms with E-state index in [0.717, 1.165) is 25.0 Å². The van der Waals surface area contributed by atoms with Crippen LogP contribution in [0.2, 0.25) is 0 Å². The van der Waals surface area contributed by atoms with Crippen LogP contribution in [0.5, 0.6) is 0 Å². The predicted molar refractivity (Wildman–Crippen MR) is 83.7 cm³/mol. The van der Waals surface area contributed by atoms with Crippen LogP contribution in [-0.2, 0) is 0 Å². The van der Waals surface area contributed by atoms with Gasteiger partial charge in [-0.25, -0.2) is 0 Å². The lowest BCUT2D eigenvalue weighted by molar-refractivity contribution is 0.461. The Kier molecular flexibility index (Phi) is 14.2. The van der Waals surface area contributed by atoms with Crippen LogP contribution in [0.3, 0.4) is 0 Å². The average molecular weight is 260 g/mol. The first-order valence-electron chi connectivity index (χ1n) is 6.60. The molecule has 17 heavy (non-hydrogen) atoms. The Hall–Kier alpha value is 0.01000. The molecule has 0 saturated carbocycles. The highest BCUT2D eigenvalue weighted by Gasteiger charge is 2.08. The van der Waals surface area contributed by atoms with Crippen molar-refractivity contribution in [3.8, 4) is 0 Å². The second-order valence-corrected chi connectivity index (χ2v) is 5.91. The van der Waals surface area contributed by atoms with Crippen molar-refractivity contribution >= 4 is 12.6 Å². The van der Waals surface area contributed by atoms with Crippen LogP contribution in [0.1, 0.15) is 59.8 Å². The molecule has 0 aliphatic heterocycles. The van der Waals surface area contributed by atoms with Crippen molar-refractivity contribution in [3.63, 3.8) is 0 Å². The first-order chi connectivity index (χ1) is 7.79. The minimum absolute atomic E-state index is 0.00105. The number of rotatable bonds is 7. The van der Waals surface area contributed by atoms with Gasteiger partial charge in [-0.05, 0) is 57.7 Å². The summed E-state index contributed by atoms with van der Waals surface area (Å²) in [5.74, 6) is 0.986. The van der Waals surface area contributed by atoms with Gasteiger partial charge in [-0.1, -0.05) is 26.0 Å². The highest BCUT2D eigenvalue weighted by molar-refractivity contribution is 7.80. The second-order valence-electron chi connectivity index (χ2n) is 5.46. The van der Waals surface area contributed by atoms with Crippen LogP contribution >= 0.6 is 12.6 Å². The lowest BCUT2D eigenvalue weighted by atomic mass is 9.99. The highest BCUT2D eigenvalue weighted by Crippen LogP contribution is 2.09. The van der Waals surface area contributed by atoms with Crippen molar-refractivity contribution < 1.29 is 0 Å². The van der Waals surface area contributed by atoms with E-state index in [-0.39, 0.29) is 5.54 Å². The van der Waals surface area contributed by atoms with Crippen LogP contribution < -0.4 is 11.5 Å². The number of hydrogen-bond donors (Lipinski definition) is 3. The smallest absolute Gasteiger partial charge is 0.00971 e. The Labute approximate surface area is 114 Å². The summed E-state index contributed by atoms with van der Waals surface area (Å²) in [6.07, 6.45) is 10.3. The van der Waals surface area contributed by atoms with Gasteiger partial charge in [0, 0.05) is 5.54 Å². The van der Waals surface area contributed by atoms with Crippen LogP contribution in [0.4, 0.5) is 0 Å². The third-order valence-corrected chi connectivity index (χ3v) is 2.20. The Morgan fingerprint density at radius 1 is 1.12 bits per heavy atom. The maximum atomic E-state index is 5.86. The summed E-state index contributed by atoms with van der Waals surface area (Å²) in [4.78, 5) is 0. The molecule has 0 saturated heterocycles. The summed E-state index contributed by atoms with van der Waals surface area (Å²) < 4.78 is 0. The Morgan fingerprint density at radius 2 is 1.53 bits per heavy atom. The molecule has 0 atom stereocenters. The molecule has 0 aliphatic rings. The summed E-state index contributed by atoms with van der Waals surface area (Å²) in [6, 6.07) is 0.333. The first kappa shape index (κ1) is 19.4. The zero-order valence-corrected chi connectivity index (χ0v) is 13.0. The zero-order chi connectivity index (χ0) is 13.7. The molecule has 104 valence electrons. The molecule has 0 bridgehead atoms. The molecule has 0 aromatic carbocycles. The quantitative estimate of drug-likeness (QED) is 0.373. The summed E-state index contributed by atoms with van der Waals surface area (Å²) in [6.45, 7) is 8.05. The van der Waals surface area contributed by atoms with Gasteiger partial charge < -0.3 is 11.5 Å². The van der Waals surface area contributed by atoms with Crippen LogP contribution in [0.15, 0.2) is 12.2 Å². The van der Waals surface area contributed by atoms with E-state index in [2.05, 4.69) is 38.6 Å². The highest BCUT2D eigenvalue weighted by atomic mass is 32.1. The van der Waals surface area contributed by atoms with Crippen molar-refractivity contribution in [2.24, 2.45) is 11.5 Å². The predicted octanol–water partition coefficient (Wildman–Crippen LogP) is 3.51. The molecule has 0 aromatic heterocycles. The number of nitrogens with two attached hydrogens (primary N) is 2. The lowest BCUT2D eigenvalue weighted by Crippen LogP contribution is -2.31. The van der Waals surface area contributed by atoms with Gasteiger partial charge in [-0.15, -0.1) is 0 Å². The molecule has 0 amide bonds. The molecule has 0 fully saturated rings. The normalized spacial score (nSPS) is 11.8. The van der Waals surface area contributed by atoms with Crippen molar-refractivity contribution in [1.82, 2.24) is 0 Å². The van der Waals surface area contributed by atoms with E-state index in [9.17, 15) is 0 Å². The van der Waals surface area contributed by atoms with E-state index in [1.165, 1.54) is 12.8 Å². The van der Waals surface area contributed by atoms with Gasteiger partial charge >= 0.3 is 0 Å². The van der Waals surface area contributed by atoms with E-state index in [4.69, 9.17) is 11.5 Å². The van der Waals surface area contributed by atoms with Crippen LogP contribution in [-0.4, -0.2) is 17.3 Å². The van der Waals surface area contributed by atoms with Gasteiger partial charge in [0.2, 0.25) is 0 Å². The molecule has 4 N–H and O–H groups in total. The van der Waals surface area contributed by atoms with Crippen LogP contribution in [0.25, 0.3) is 0 Å². The van der Waals surface area contributed by atoms with Crippen molar-refractivity contribution in [1.29, 1.82) is 0 Å². The Balaban J connectivity index is 0. The van der Waals surface area contributed by atoms with Crippen molar-refractivity contribution in [2.75, 3.05) is 5.75 Å². The summed E-state index contributed by atoms with van der Waals surface area (Å²) in [7, 11) is 0. The largest absolute Gasteiger partial charge is 0.328 e. The van der Waals surface area contributed by atoms with E-state index < -0.39 is 0 Å². The lowest BCUT2D eigenvalue weighted by Gasteiger charge is -2.16. The number of allylic oxidation sites excluding steroid dienone is 2. The van der Waals surface area contributed by atoms with Gasteiger partial charge in [0.15, 0.2) is 0 Å². The average Bonchev–Trinajstić information content (AvgIpc) is 2.14. The van der Waals surface area contributed by atoms with Gasteiger partial charge in [0.1, 0.15) is 0 Å². The molecular weight excluding hydrogens is 228 g/mol. The zero-order valence-electron chi connectivity index (χ0n) is 12.1. The van der Waals surface area contributed by atoms with E-state index >= 15 is 0 Å². The number of thiol groups is 1. The minimum Gasteiger partial charge on any atom is -0.328 e. The summed E-state index contributed by atoms with van der Waals surface area (Å²) in [5.41, 5.74) is 11.0. The molecule has 0 aromatic rings. The summed E-state index contributed by atoms with van der Waals surface area (Å²) >= 11 is 4.15. The molecule has 0 rings (SSSR count). The van der Waals surface area contributed by atoms with Crippen molar-refractivity contribution in [3.05, 3.63) is 12.2 Å². The van der Waals surface area contributed by atoms with Gasteiger partial charge in [-0.3, -0.25) is 0 Å². The SMILES string of the molecule is CC(C)(N)CCC/C=C\CCCS.CC(C)N. The maximum Gasteiger partial charge on any atom is 0.00971 e. The molecule has 3 heteroatoms. The Morgan fingerprint density at radius 3 is 1.88 bits per heavy atom. The monoisotopic (exact) mass is 260 g/mol. The van der Waals surface area contributed by atoms with Gasteiger partial charge in [0.25, 0.3) is 0 Å². The third-order valence-electron chi connectivity index (χ3n) is 1.89. The van der Waals surface area contributed by atoms with E-state index in [1.54, 1.807) is 0 Å². The maximum absolute atomic E-state index is 5.86. The van der Waals surface area contributed by atoms with Crippen LogP contribution in [0, 0.1) is 0 Å². The molecule has 0 radical (unpaired) electrons. The fourth-order valence-corrected chi connectivity index (χ4v) is 1.30. The molecule has 2 nitrogen and oxygen atoms in total. The fourth-order valence-electron chi connectivity index (χ4n) is 1.12. The standard InChI is InChI=1S/C11H23NS.C3H9N/c1-11(2,12)9-7-5-3-4-6-8-10-13;1-3(2)4/h3-4,13H,5-10,12H2,1-2H3;3H,4H2,1-2H3/b4-3-;. The molecule has 0 heterocycles. The third kappa shape index (κ3) is 31.4. The Bertz CT molecular complexity index is 169. The minimum atomic E-state index is -0.00105. The molecule has 0 spiro atoms. The first-order valence-corrected chi connectivity index (χ1v) is 7.23.